The molecule has 1 aromatic carbocycles. The number of benzene rings is 1. The lowest BCUT2D eigenvalue weighted by molar-refractivity contribution is 0.0255. The Bertz CT molecular complexity index is 388. The van der Waals surface area contributed by atoms with Gasteiger partial charge in [-0.25, -0.2) is 0 Å². The topological polar surface area (TPSA) is 24.5 Å². The molecule has 1 N–H and O–H groups in total. The van der Waals surface area contributed by atoms with Gasteiger partial charge in [0.05, 0.1) is 6.10 Å². The first kappa shape index (κ1) is 11.1. The number of hydrogen-bond donors (Lipinski definition) is 1. The molecule has 0 unspecified atom stereocenters. The van der Waals surface area contributed by atoms with Crippen LogP contribution >= 0.6 is 0 Å². The predicted octanol–water partition coefficient (Wildman–Crippen LogP) is 1.77. The van der Waals surface area contributed by atoms with Gasteiger partial charge in [0, 0.05) is 38.5 Å². The van der Waals surface area contributed by atoms with Gasteiger partial charge in [0.2, 0.25) is 0 Å². The molecule has 92 valence electrons. The van der Waals surface area contributed by atoms with Crippen molar-refractivity contribution < 1.29 is 4.74 Å². The van der Waals surface area contributed by atoms with E-state index in [-0.39, 0.29) is 0 Å². The largest absolute Gasteiger partial charge is 0.381 e. The predicted molar refractivity (Wildman–Crippen MR) is 69.3 cm³/mol. The zero-order valence-corrected chi connectivity index (χ0v) is 10.4. The van der Waals surface area contributed by atoms with E-state index in [2.05, 4.69) is 34.5 Å². The Labute approximate surface area is 103 Å². The summed E-state index contributed by atoms with van der Waals surface area (Å²) in [7, 11) is 1.82. The molecule has 0 saturated heterocycles. The number of methoxy groups -OCH3 is 1. The van der Waals surface area contributed by atoms with Crippen molar-refractivity contribution in [3.05, 3.63) is 29.8 Å². The lowest BCUT2D eigenvalue weighted by atomic mass is 9.87. The molecule has 3 rings (SSSR count). The van der Waals surface area contributed by atoms with Crippen molar-refractivity contribution in [3.63, 3.8) is 0 Å². The van der Waals surface area contributed by atoms with E-state index in [0.717, 1.165) is 19.6 Å². The number of hydrogen-bond acceptors (Lipinski definition) is 3. The van der Waals surface area contributed by atoms with Gasteiger partial charge in [-0.1, -0.05) is 18.2 Å². The highest BCUT2D eigenvalue weighted by Crippen LogP contribution is 2.33. The quantitative estimate of drug-likeness (QED) is 0.841. The summed E-state index contributed by atoms with van der Waals surface area (Å²) in [6, 6.07) is 9.42. The lowest BCUT2D eigenvalue weighted by Crippen LogP contribution is -2.49. The van der Waals surface area contributed by atoms with Gasteiger partial charge in [-0.15, -0.1) is 0 Å². The second-order valence-electron chi connectivity index (χ2n) is 4.98. The van der Waals surface area contributed by atoms with Gasteiger partial charge in [-0.3, -0.25) is 0 Å². The van der Waals surface area contributed by atoms with Crippen LogP contribution in [0.15, 0.2) is 24.3 Å². The van der Waals surface area contributed by atoms with Crippen LogP contribution in [-0.4, -0.2) is 32.3 Å². The molecular formula is C14H20N2O. The second kappa shape index (κ2) is 4.67. The van der Waals surface area contributed by atoms with E-state index in [0.29, 0.717) is 12.1 Å². The van der Waals surface area contributed by atoms with Crippen molar-refractivity contribution in [2.24, 2.45) is 0 Å². The Morgan fingerprint density at radius 1 is 1.29 bits per heavy atom. The van der Waals surface area contributed by atoms with E-state index >= 15 is 0 Å². The summed E-state index contributed by atoms with van der Waals surface area (Å²) in [5, 5.41) is 3.49. The standard InChI is InChI=1S/C14H20N2O/c1-17-13-8-12(9-13)16-7-6-15-10-11-4-2-3-5-14(11)16/h2-5,12-13,15H,6-10H2,1H3. The fourth-order valence-corrected chi connectivity index (χ4v) is 2.85. The molecule has 17 heavy (non-hydrogen) atoms. The third-order valence-corrected chi connectivity index (χ3v) is 3.99. The summed E-state index contributed by atoms with van der Waals surface area (Å²) in [4.78, 5) is 2.56. The number of rotatable bonds is 2. The molecule has 1 aliphatic carbocycles. The molecule has 0 radical (unpaired) electrons. The van der Waals surface area contributed by atoms with Crippen LogP contribution in [0.1, 0.15) is 18.4 Å². The van der Waals surface area contributed by atoms with E-state index in [1.54, 1.807) is 0 Å². The summed E-state index contributed by atoms with van der Waals surface area (Å²) in [6.07, 6.45) is 2.82. The van der Waals surface area contributed by atoms with Gasteiger partial charge < -0.3 is 15.0 Å². The van der Waals surface area contributed by atoms with Crippen LogP contribution in [0.2, 0.25) is 0 Å². The molecule has 1 saturated carbocycles. The SMILES string of the molecule is COC1CC(N2CCNCc3ccccc32)C1. The smallest absolute Gasteiger partial charge is 0.0610 e. The molecule has 1 aromatic rings. The summed E-state index contributed by atoms with van der Waals surface area (Å²) >= 11 is 0. The Morgan fingerprint density at radius 2 is 2.12 bits per heavy atom. The van der Waals surface area contributed by atoms with Gasteiger partial charge in [0.25, 0.3) is 0 Å². The van der Waals surface area contributed by atoms with Crippen LogP contribution in [0, 0.1) is 0 Å². The minimum absolute atomic E-state index is 0.475. The summed E-state index contributed by atoms with van der Waals surface area (Å²) in [5.41, 5.74) is 2.84. The monoisotopic (exact) mass is 232 g/mol. The van der Waals surface area contributed by atoms with Gasteiger partial charge >= 0.3 is 0 Å². The van der Waals surface area contributed by atoms with E-state index < -0.39 is 0 Å². The first-order chi connectivity index (χ1) is 8.38. The third kappa shape index (κ3) is 2.05. The number of para-hydroxylation sites is 1. The molecule has 0 bridgehead atoms. The van der Waals surface area contributed by atoms with Crippen molar-refractivity contribution in [2.75, 3.05) is 25.1 Å². The number of nitrogens with one attached hydrogen (secondary N) is 1. The van der Waals surface area contributed by atoms with Crippen LogP contribution < -0.4 is 10.2 Å². The van der Waals surface area contributed by atoms with Gasteiger partial charge in [0.15, 0.2) is 0 Å². The van der Waals surface area contributed by atoms with Crippen LogP contribution in [0.5, 0.6) is 0 Å². The van der Waals surface area contributed by atoms with E-state index in [9.17, 15) is 0 Å². The molecule has 0 spiro atoms. The maximum atomic E-state index is 5.38. The fraction of sp³-hybridized carbons (Fsp3) is 0.571. The van der Waals surface area contributed by atoms with Crippen LogP contribution in [0.4, 0.5) is 5.69 Å². The molecule has 0 atom stereocenters. The van der Waals surface area contributed by atoms with Crippen molar-refractivity contribution in [3.8, 4) is 0 Å². The van der Waals surface area contributed by atoms with E-state index in [1.807, 2.05) is 7.11 Å². The molecule has 0 amide bonds. The Hall–Kier alpha value is -1.06. The van der Waals surface area contributed by atoms with Crippen molar-refractivity contribution in [2.45, 2.75) is 31.5 Å². The van der Waals surface area contributed by atoms with Crippen molar-refractivity contribution >= 4 is 5.69 Å². The average Bonchev–Trinajstić information content (AvgIpc) is 2.51. The van der Waals surface area contributed by atoms with Gasteiger partial charge in [0.1, 0.15) is 0 Å². The minimum atomic E-state index is 0.475. The Kier molecular flexibility index (Phi) is 3.04. The maximum Gasteiger partial charge on any atom is 0.0610 e. The number of fused-ring (bicyclic) bond motifs is 1. The number of ether oxygens (including phenoxy) is 1. The average molecular weight is 232 g/mol. The minimum Gasteiger partial charge on any atom is -0.381 e. The van der Waals surface area contributed by atoms with Crippen molar-refractivity contribution in [1.82, 2.24) is 5.32 Å². The first-order valence-electron chi connectivity index (χ1n) is 6.46. The summed E-state index contributed by atoms with van der Waals surface area (Å²) in [5.74, 6) is 0. The highest BCUT2D eigenvalue weighted by molar-refractivity contribution is 5.55. The molecule has 3 heteroatoms. The molecule has 1 fully saturated rings. The van der Waals surface area contributed by atoms with Crippen LogP contribution in [0.3, 0.4) is 0 Å². The molecule has 3 nitrogen and oxygen atoms in total. The van der Waals surface area contributed by atoms with Gasteiger partial charge in [-0.2, -0.15) is 0 Å². The maximum absolute atomic E-state index is 5.38. The Balaban J connectivity index is 1.80. The number of anilines is 1. The summed E-state index contributed by atoms with van der Waals surface area (Å²) < 4.78 is 5.38. The van der Waals surface area contributed by atoms with Crippen LogP contribution in [-0.2, 0) is 11.3 Å². The zero-order chi connectivity index (χ0) is 11.7. The highest BCUT2D eigenvalue weighted by atomic mass is 16.5. The van der Waals surface area contributed by atoms with Crippen LogP contribution in [0.25, 0.3) is 0 Å². The second-order valence-corrected chi connectivity index (χ2v) is 4.98. The fourth-order valence-electron chi connectivity index (χ4n) is 2.85. The van der Waals surface area contributed by atoms with Gasteiger partial charge in [-0.05, 0) is 24.5 Å². The highest BCUT2D eigenvalue weighted by Gasteiger charge is 2.34. The molecule has 1 heterocycles. The molecule has 0 aromatic heterocycles. The molecule has 1 aliphatic heterocycles. The molecular weight excluding hydrogens is 212 g/mol. The van der Waals surface area contributed by atoms with E-state index in [4.69, 9.17) is 4.74 Å². The normalized spacial score (nSPS) is 28.2. The zero-order valence-electron chi connectivity index (χ0n) is 10.4. The lowest BCUT2D eigenvalue weighted by Gasteiger charge is -2.43. The Morgan fingerprint density at radius 3 is 2.94 bits per heavy atom. The van der Waals surface area contributed by atoms with E-state index in [1.165, 1.54) is 24.1 Å². The summed E-state index contributed by atoms with van der Waals surface area (Å²) in [6.45, 7) is 3.17. The molecule has 2 aliphatic rings. The third-order valence-electron chi connectivity index (χ3n) is 3.99. The number of nitrogens with zero attached hydrogens (tertiary/aromatic N) is 1. The first-order valence-corrected chi connectivity index (χ1v) is 6.46. The van der Waals surface area contributed by atoms with Crippen molar-refractivity contribution in [1.29, 1.82) is 0 Å².